The molecule has 1 unspecified atom stereocenters. The van der Waals surface area contributed by atoms with Gasteiger partial charge in [-0.25, -0.2) is 4.39 Å². The van der Waals surface area contributed by atoms with Gasteiger partial charge in [-0.2, -0.15) is 0 Å². The third kappa shape index (κ3) is 7.93. The maximum atomic E-state index is 12.2. The van der Waals surface area contributed by atoms with Crippen LogP contribution < -0.4 is 0 Å². The van der Waals surface area contributed by atoms with Crippen molar-refractivity contribution in [2.24, 2.45) is 0 Å². The van der Waals surface area contributed by atoms with Gasteiger partial charge in [-0.3, -0.25) is 0 Å². The Bertz CT molecular complexity index is 59.7. The monoisotopic (exact) mass is 145 g/mol. The van der Waals surface area contributed by atoms with E-state index in [9.17, 15) is 4.39 Å². The molecule has 10 heavy (non-hydrogen) atoms. The summed E-state index contributed by atoms with van der Waals surface area (Å²) in [5, 5.41) is 0. The zero-order valence-electron chi connectivity index (χ0n) is 6.91. The van der Waals surface area contributed by atoms with Crippen LogP contribution in [0.15, 0.2) is 0 Å². The molecule has 0 N–H and O–H groups in total. The normalized spacial score (nSPS) is 13.5. The first kappa shape index (κ1) is 9.93. The van der Waals surface area contributed by atoms with E-state index in [1.165, 1.54) is 19.3 Å². The van der Waals surface area contributed by atoms with Gasteiger partial charge in [-0.15, -0.1) is 0 Å². The van der Waals surface area contributed by atoms with Crippen molar-refractivity contribution in [3.63, 3.8) is 0 Å². The van der Waals surface area contributed by atoms with Gasteiger partial charge in [0.2, 0.25) is 0 Å². The van der Waals surface area contributed by atoms with Gasteiger partial charge < -0.3 is 0 Å². The second-order valence-corrected chi connectivity index (χ2v) is 2.84. The lowest BCUT2D eigenvalue weighted by molar-refractivity contribution is 0.330. The van der Waals surface area contributed by atoms with E-state index in [0.29, 0.717) is 0 Å². The smallest absolute Gasteiger partial charge is 0.0973 e. The van der Waals surface area contributed by atoms with Crippen LogP contribution in [0, 0.1) is 6.92 Å². The third-order valence-corrected chi connectivity index (χ3v) is 1.60. The molecule has 61 valence electrons. The van der Waals surface area contributed by atoms with E-state index >= 15 is 0 Å². The maximum Gasteiger partial charge on any atom is 0.0973 e. The highest BCUT2D eigenvalue weighted by atomic mass is 19.1. The van der Waals surface area contributed by atoms with Gasteiger partial charge in [-0.05, 0) is 13.3 Å². The lowest BCUT2D eigenvalue weighted by atomic mass is 10.1. The Hall–Kier alpha value is -0.0700. The molecule has 0 aromatic heterocycles. The van der Waals surface area contributed by atoms with Crippen LogP contribution >= 0.6 is 0 Å². The standard InChI is InChI=1S/C9H18F/c1-3-4-5-6-7-8-9(2)10/h9H,1,3-8H2,2H3. The van der Waals surface area contributed by atoms with Crippen LogP contribution in [0.25, 0.3) is 0 Å². The molecule has 0 aromatic carbocycles. The summed E-state index contributed by atoms with van der Waals surface area (Å²) in [7, 11) is 0. The molecule has 1 heteroatoms. The second-order valence-electron chi connectivity index (χ2n) is 2.84. The van der Waals surface area contributed by atoms with Gasteiger partial charge in [0.05, 0.1) is 6.17 Å². The van der Waals surface area contributed by atoms with Gasteiger partial charge in [0.15, 0.2) is 0 Å². The second kappa shape index (κ2) is 7.04. The van der Waals surface area contributed by atoms with Crippen molar-refractivity contribution in [1.82, 2.24) is 0 Å². The first-order valence-corrected chi connectivity index (χ1v) is 4.20. The number of unbranched alkanes of at least 4 members (excludes halogenated alkanes) is 4. The molecule has 0 aliphatic carbocycles. The Kier molecular flexibility index (Phi) is 6.99. The maximum absolute atomic E-state index is 12.2. The average Bonchev–Trinajstić information content (AvgIpc) is 1.87. The van der Waals surface area contributed by atoms with E-state index in [4.69, 9.17) is 0 Å². The predicted molar refractivity (Wildman–Crippen MR) is 43.6 cm³/mol. The van der Waals surface area contributed by atoms with Crippen LogP contribution in [-0.2, 0) is 0 Å². The van der Waals surface area contributed by atoms with Crippen molar-refractivity contribution in [3.05, 3.63) is 6.92 Å². The third-order valence-electron chi connectivity index (χ3n) is 1.60. The van der Waals surface area contributed by atoms with Crippen LogP contribution in [0.5, 0.6) is 0 Å². The molecule has 1 atom stereocenters. The Labute approximate surface area is 63.8 Å². The molecule has 0 saturated carbocycles. The molecule has 0 bridgehead atoms. The fourth-order valence-electron chi connectivity index (χ4n) is 0.956. The Morgan fingerprint density at radius 1 is 1.20 bits per heavy atom. The molecule has 0 aliphatic rings. The number of hydrogen-bond acceptors (Lipinski definition) is 0. The van der Waals surface area contributed by atoms with Crippen LogP contribution in [0.1, 0.15) is 45.4 Å². The topological polar surface area (TPSA) is 0 Å². The molecule has 0 heterocycles. The lowest BCUT2D eigenvalue weighted by Crippen LogP contribution is -1.91. The highest BCUT2D eigenvalue weighted by Crippen LogP contribution is 2.08. The van der Waals surface area contributed by atoms with Crippen molar-refractivity contribution in [2.45, 2.75) is 51.6 Å². The molecule has 0 spiro atoms. The molecule has 0 rings (SSSR count). The summed E-state index contributed by atoms with van der Waals surface area (Å²) < 4.78 is 12.2. The minimum atomic E-state index is -0.611. The van der Waals surface area contributed by atoms with E-state index < -0.39 is 6.17 Å². The SMILES string of the molecule is [CH2]CCCCCCC(C)F. The van der Waals surface area contributed by atoms with Crippen LogP contribution in [0.4, 0.5) is 4.39 Å². The van der Waals surface area contributed by atoms with Crippen LogP contribution in [0.2, 0.25) is 0 Å². The molecule has 0 saturated heterocycles. The van der Waals surface area contributed by atoms with Crippen molar-refractivity contribution in [1.29, 1.82) is 0 Å². The van der Waals surface area contributed by atoms with Gasteiger partial charge in [-0.1, -0.05) is 39.0 Å². The number of alkyl halides is 1. The highest BCUT2D eigenvalue weighted by Gasteiger charge is 1.96. The van der Waals surface area contributed by atoms with E-state index in [0.717, 1.165) is 19.3 Å². The minimum Gasteiger partial charge on any atom is -0.248 e. The lowest BCUT2D eigenvalue weighted by Gasteiger charge is -2.00. The van der Waals surface area contributed by atoms with Gasteiger partial charge >= 0.3 is 0 Å². The van der Waals surface area contributed by atoms with Crippen molar-refractivity contribution in [2.75, 3.05) is 0 Å². The summed E-state index contributed by atoms with van der Waals surface area (Å²) in [4.78, 5) is 0. The fourth-order valence-corrected chi connectivity index (χ4v) is 0.956. The van der Waals surface area contributed by atoms with Crippen molar-refractivity contribution >= 4 is 0 Å². The number of hydrogen-bond donors (Lipinski definition) is 0. The summed E-state index contributed by atoms with van der Waals surface area (Å²) in [5.41, 5.74) is 0. The molecule has 1 radical (unpaired) electrons. The minimum absolute atomic E-state index is 0.611. The molecular formula is C9H18F. The quantitative estimate of drug-likeness (QED) is 0.502. The highest BCUT2D eigenvalue weighted by molar-refractivity contribution is 4.49. The number of halogens is 1. The first-order valence-electron chi connectivity index (χ1n) is 4.20. The van der Waals surface area contributed by atoms with Gasteiger partial charge in [0.1, 0.15) is 0 Å². The summed E-state index contributed by atoms with van der Waals surface area (Å²) in [6.07, 6.45) is 5.76. The van der Waals surface area contributed by atoms with E-state index in [1.54, 1.807) is 6.92 Å². The molecule has 0 amide bonds. The molecular weight excluding hydrogens is 127 g/mol. The summed E-state index contributed by atoms with van der Waals surface area (Å²) in [6.45, 7) is 5.37. The van der Waals surface area contributed by atoms with Gasteiger partial charge in [0, 0.05) is 0 Å². The largest absolute Gasteiger partial charge is 0.248 e. The Morgan fingerprint density at radius 3 is 2.30 bits per heavy atom. The molecule has 0 aromatic rings. The van der Waals surface area contributed by atoms with Crippen molar-refractivity contribution in [3.8, 4) is 0 Å². The Balaban J connectivity index is 2.77. The Morgan fingerprint density at radius 2 is 1.80 bits per heavy atom. The van der Waals surface area contributed by atoms with Gasteiger partial charge in [0.25, 0.3) is 0 Å². The predicted octanol–water partition coefficient (Wildman–Crippen LogP) is 3.52. The van der Waals surface area contributed by atoms with Crippen LogP contribution in [-0.4, -0.2) is 6.17 Å². The van der Waals surface area contributed by atoms with Crippen molar-refractivity contribution < 1.29 is 4.39 Å². The van der Waals surface area contributed by atoms with Crippen LogP contribution in [0.3, 0.4) is 0 Å². The van der Waals surface area contributed by atoms with E-state index in [1.807, 2.05) is 0 Å². The number of rotatable bonds is 6. The van der Waals surface area contributed by atoms with E-state index in [-0.39, 0.29) is 0 Å². The zero-order chi connectivity index (χ0) is 7.82. The fraction of sp³-hybridized carbons (Fsp3) is 0.889. The zero-order valence-corrected chi connectivity index (χ0v) is 6.91. The van der Waals surface area contributed by atoms with E-state index in [2.05, 4.69) is 6.92 Å². The molecule has 0 nitrogen and oxygen atoms in total. The summed E-state index contributed by atoms with van der Waals surface area (Å²) in [6, 6.07) is 0. The summed E-state index contributed by atoms with van der Waals surface area (Å²) in [5.74, 6) is 0. The molecule has 0 aliphatic heterocycles. The average molecular weight is 145 g/mol. The molecule has 0 fully saturated rings. The summed E-state index contributed by atoms with van der Waals surface area (Å²) >= 11 is 0. The first-order chi connectivity index (χ1) is 4.77.